The highest BCUT2D eigenvalue weighted by molar-refractivity contribution is 7.99. The number of hydrogen-bond acceptors (Lipinski definition) is 6. The molecule has 8 nitrogen and oxygen atoms in total. The molecule has 4 rings (SSSR count). The summed E-state index contributed by atoms with van der Waals surface area (Å²) in [5, 5.41) is 12.7. The van der Waals surface area contributed by atoms with Crippen LogP contribution in [0, 0.1) is 6.92 Å². The van der Waals surface area contributed by atoms with E-state index in [2.05, 4.69) is 58.2 Å². The van der Waals surface area contributed by atoms with Gasteiger partial charge in [0.05, 0.1) is 22.7 Å². The molecule has 9 heteroatoms. The van der Waals surface area contributed by atoms with Crippen molar-refractivity contribution in [2.24, 2.45) is 0 Å². The molecule has 2 heterocycles. The molecular weight excluding hydrogens is 448 g/mol. The number of benzene rings is 2. The van der Waals surface area contributed by atoms with Gasteiger partial charge in [0.25, 0.3) is 5.56 Å². The van der Waals surface area contributed by atoms with Gasteiger partial charge in [0, 0.05) is 13.1 Å². The molecule has 2 aromatic heterocycles. The molecule has 1 N–H and O–H groups in total. The smallest absolute Gasteiger partial charge is 0.263 e. The third kappa shape index (κ3) is 4.76. The van der Waals surface area contributed by atoms with Crippen molar-refractivity contribution >= 4 is 34.3 Å². The van der Waals surface area contributed by atoms with Crippen LogP contribution in [0.1, 0.15) is 17.2 Å². The number of thioether (sulfide) groups is 1. The summed E-state index contributed by atoms with van der Waals surface area (Å²) >= 11 is 1.29. The summed E-state index contributed by atoms with van der Waals surface area (Å²) < 4.78 is 3.36. The molecule has 2 aromatic carbocycles. The SMILES string of the molecule is C=CCn1c(=O)c2ccccc2n2c(SCC(=O)NCC(c3ccc(C)cc3)N(C)C)nnc12. The molecular formula is C25H28N6O2S. The second-order valence-corrected chi connectivity index (χ2v) is 9.26. The minimum atomic E-state index is -0.143. The van der Waals surface area contributed by atoms with Crippen LogP contribution in [0.15, 0.2) is 71.1 Å². The third-order valence-corrected chi connectivity index (χ3v) is 6.63. The van der Waals surface area contributed by atoms with Gasteiger partial charge in [0.15, 0.2) is 5.16 Å². The van der Waals surface area contributed by atoms with Crippen LogP contribution < -0.4 is 10.9 Å². The van der Waals surface area contributed by atoms with E-state index in [1.54, 1.807) is 12.1 Å². The van der Waals surface area contributed by atoms with Gasteiger partial charge >= 0.3 is 0 Å². The van der Waals surface area contributed by atoms with Crippen molar-refractivity contribution in [1.29, 1.82) is 0 Å². The van der Waals surface area contributed by atoms with Gasteiger partial charge in [-0.1, -0.05) is 59.8 Å². The number of hydrogen-bond donors (Lipinski definition) is 1. The van der Waals surface area contributed by atoms with Crippen LogP contribution in [-0.4, -0.2) is 56.4 Å². The van der Waals surface area contributed by atoms with Crippen molar-refractivity contribution in [2.75, 3.05) is 26.4 Å². The highest BCUT2D eigenvalue weighted by Gasteiger charge is 2.18. The molecule has 1 amide bonds. The van der Waals surface area contributed by atoms with Crippen molar-refractivity contribution in [3.05, 3.63) is 82.7 Å². The summed E-state index contributed by atoms with van der Waals surface area (Å²) in [6.07, 6.45) is 1.65. The molecule has 0 aliphatic heterocycles. The zero-order chi connectivity index (χ0) is 24.2. The number of likely N-dealkylation sites (N-methyl/N-ethyl adjacent to an activating group) is 1. The molecule has 1 unspecified atom stereocenters. The van der Waals surface area contributed by atoms with E-state index in [-0.39, 0.29) is 23.3 Å². The molecule has 4 aromatic rings. The fourth-order valence-electron chi connectivity index (χ4n) is 3.90. The van der Waals surface area contributed by atoms with Crippen LogP contribution in [0.2, 0.25) is 0 Å². The van der Waals surface area contributed by atoms with Crippen molar-refractivity contribution in [3.8, 4) is 0 Å². The van der Waals surface area contributed by atoms with Crippen molar-refractivity contribution in [2.45, 2.75) is 24.7 Å². The van der Waals surface area contributed by atoms with E-state index in [1.165, 1.54) is 21.9 Å². The maximum absolute atomic E-state index is 12.9. The highest BCUT2D eigenvalue weighted by atomic mass is 32.2. The lowest BCUT2D eigenvalue weighted by atomic mass is 10.0. The number of para-hydroxylation sites is 1. The maximum Gasteiger partial charge on any atom is 0.263 e. The van der Waals surface area contributed by atoms with Crippen LogP contribution in [0.25, 0.3) is 16.7 Å². The Morgan fingerprint density at radius 1 is 1.18 bits per heavy atom. The lowest BCUT2D eigenvalue weighted by molar-refractivity contribution is -0.118. The topological polar surface area (TPSA) is 84.5 Å². The largest absolute Gasteiger partial charge is 0.353 e. The molecule has 0 aliphatic carbocycles. The summed E-state index contributed by atoms with van der Waals surface area (Å²) in [6.45, 7) is 6.62. The molecule has 1 atom stereocenters. The van der Waals surface area contributed by atoms with E-state index >= 15 is 0 Å². The second-order valence-electron chi connectivity index (χ2n) is 8.32. The number of nitrogens with one attached hydrogen (secondary N) is 1. The van der Waals surface area contributed by atoms with E-state index in [9.17, 15) is 9.59 Å². The lowest BCUT2D eigenvalue weighted by Gasteiger charge is -2.25. The first-order chi connectivity index (χ1) is 16.4. The van der Waals surface area contributed by atoms with Gasteiger partial charge in [-0.3, -0.25) is 18.6 Å². The van der Waals surface area contributed by atoms with Crippen molar-refractivity contribution in [3.63, 3.8) is 0 Å². The predicted octanol–water partition coefficient (Wildman–Crippen LogP) is 3.05. The number of carbonyl (C=O) groups excluding carboxylic acids is 1. The maximum atomic E-state index is 12.9. The fourth-order valence-corrected chi connectivity index (χ4v) is 4.67. The Morgan fingerprint density at radius 3 is 2.62 bits per heavy atom. The van der Waals surface area contributed by atoms with Crippen LogP contribution in [0.3, 0.4) is 0 Å². The van der Waals surface area contributed by atoms with Crippen molar-refractivity contribution < 1.29 is 4.79 Å². The van der Waals surface area contributed by atoms with Gasteiger partial charge in [0.1, 0.15) is 0 Å². The Balaban J connectivity index is 1.52. The number of nitrogens with zero attached hydrogens (tertiary/aromatic N) is 5. The molecule has 0 saturated heterocycles. The van der Waals surface area contributed by atoms with E-state index < -0.39 is 0 Å². The van der Waals surface area contributed by atoms with E-state index in [0.717, 1.165) is 5.56 Å². The summed E-state index contributed by atoms with van der Waals surface area (Å²) in [5.41, 5.74) is 2.92. The van der Waals surface area contributed by atoms with E-state index in [1.807, 2.05) is 36.7 Å². The van der Waals surface area contributed by atoms with Gasteiger partial charge in [-0.2, -0.15) is 0 Å². The Labute approximate surface area is 202 Å². The number of rotatable bonds is 9. The average Bonchev–Trinajstić information content (AvgIpc) is 3.25. The minimum Gasteiger partial charge on any atom is -0.353 e. The Kier molecular flexibility index (Phi) is 7.14. The Bertz CT molecular complexity index is 1390. The summed E-state index contributed by atoms with van der Waals surface area (Å²) in [7, 11) is 4.00. The zero-order valence-electron chi connectivity index (χ0n) is 19.6. The van der Waals surface area contributed by atoms with Crippen LogP contribution in [-0.2, 0) is 11.3 Å². The lowest BCUT2D eigenvalue weighted by Crippen LogP contribution is -2.35. The number of carbonyl (C=O) groups is 1. The number of aryl methyl sites for hydroxylation is 1. The van der Waals surface area contributed by atoms with E-state index in [0.29, 0.717) is 34.9 Å². The molecule has 0 fully saturated rings. The number of amides is 1. The standard InChI is InChI=1S/C25H28N6O2S/c1-5-14-30-23(33)19-8-6-7-9-20(19)31-24(30)27-28-25(31)34-16-22(32)26-15-21(29(3)4)18-12-10-17(2)11-13-18/h5-13,21H,1,14-16H2,2-4H3,(H,26,32). The summed E-state index contributed by atoms with van der Waals surface area (Å²) in [6, 6.07) is 15.8. The molecule has 0 spiro atoms. The molecule has 0 saturated carbocycles. The first kappa shape index (κ1) is 23.7. The first-order valence-electron chi connectivity index (χ1n) is 11.0. The molecule has 176 valence electrons. The van der Waals surface area contributed by atoms with Crippen molar-refractivity contribution in [1.82, 2.24) is 29.4 Å². The van der Waals surface area contributed by atoms with Gasteiger partial charge in [-0.25, -0.2) is 0 Å². The molecule has 0 aliphatic rings. The number of fused-ring (bicyclic) bond motifs is 3. The quantitative estimate of drug-likeness (QED) is 0.295. The monoisotopic (exact) mass is 476 g/mol. The minimum absolute atomic E-state index is 0.0701. The molecule has 34 heavy (non-hydrogen) atoms. The van der Waals surface area contributed by atoms with Crippen LogP contribution in [0.5, 0.6) is 0 Å². The average molecular weight is 477 g/mol. The van der Waals surface area contributed by atoms with E-state index in [4.69, 9.17) is 0 Å². The molecule has 0 radical (unpaired) electrons. The Hall–Kier alpha value is -3.43. The highest BCUT2D eigenvalue weighted by Crippen LogP contribution is 2.22. The van der Waals surface area contributed by atoms with Gasteiger partial charge in [-0.05, 0) is 38.7 Å². The second kappa shape index (κ2) is 10.2. The molecule has 0 bridgehead atoms. The zero-order valence-corrected chi connectivity index (χ0v) is 20.4. The summed E-state index contributed by atoms with van der Waals surface area (Å²) in [4.78, 5) is 27.7. The fraction of sp³-hybridized carbons (Fsp3) is 0.280. The Morgan fingerprint density at radius 2 is 1.91 bits per heavy atom. The number of allylic oxidation sites excluding steroid dienone is 1. The predicted molar refractivity (Wildman–Crippen MR) is 136 cm³/mol. The van der Waals surface area contributed by atoms with Gasteiger partial charge < -0.3 is 10.2 Å². The number of aromatic nitrogens is 4. The first-order valence-corrected chi connectivity index (χ1v) is 12.0. The third-order valence-electron chi connectivity index (χ3n) is 5.70. The summed E-state index contributed by atoms with van der Waals surface area (Å²) in [5.74, 6) is 0.520. The van der Waals surface area contributed by atoms with Crippen LogP contribution >= 0.6 is 11.8 Å². The van der Waals surface area contributed by atoms with Gasteiger partial charge in [-0.15, -0.1) is 16.8 Å². The van der Waals surface area contributed by atoms with Gasteiger partial charge in [0.2, 0.25) is 11.7 Å². The van der Waals surface area contributed by atoms with Crippen LogP contribution in [0.4, 0.5) is 0 Å². The normalized spacial score (nSPS) is 12.4.